The van der Waals surface area contributed by atoms with Gasteiger partial charge in [-0.2, -0.15) is 5.10 Å². The van der Waals surface area contributed by atoms with E-state index in [2.05, 4.69) is 44.8 Å². The summed E-state index contributed by atoms with van der Waals surface area (Å²) in [7, 11) is 3.96. The number of aryl methyl sites for hydroxylation is 1. The molecule has 0 bridgehead atoms. The SMILES string of the molecule is CN=C(NCCCn1cccn1)NCc1cccc(OCCN(C)C2CCOCC2)c1.I. The van der Waals surface area contributed by atoms with E-state index in [0.29, 0.717) is 19.2 Å². The molecule has 0 atom stereocenters. The average Bonchev–Trinajstić information content (AvgIpc) is 3.33. The first-order chi connectivity index (χ1) is 15.2. The van der Waals surface area contributed by atoms with E-state index in [1.807, 2.05) is 29.1 Å². The Morgan fingerprint density at radius 1 is 1.28 bits per heavy atom. The number of rotatable bonds is 11. The van der Waals surface area contributed by atoms with Crippen LogP contribution in [-0.2, 0) is 17.8 Å². The van der Waals surface area contributed by atoms with Gasteiger partial charge in [0.25, 0.3) is 0 Å². The van der Waals surface area contributed by atoms with Crippen molar-refractivity contribution in [1.29, 1.82) is 0 Å². The van der Waals surface area contributed by atoms with Crippen LogP contribution in [0.1, 0.15) is 24.8 Å². The van der Waals surface area contributed by atoms with Crippen LogP contribution in [0.4, 0.5) is 0 Å². The highest BCUT2D eigenvalue weighted by Gasteiger charge is 2.17. The van der Waals surface area contributed by atoms with Crippen molar-refractivity contribution in [2.75, 3.05) is 47.0 Å². The maximum Gasteiger partial charge on any atom is 0.191 e. The van der Waals surface area contributed by atoms with E-state index >= 15 is 0 Å². The minimum Gasteiger partial charge on any atom is -0.492 e. The molecular weight excluding hydrogens is 519 g/mol. The third-order valence-electron chi connectivity index (χ3n) is 5.52. The summed E-state index contributed by atoms with van der Waals surface area (Å²) in [5.74, 6) is 1.70. The first-order valence-electron chi connectivity index (χ1n) is 11.2. The Morgan fingerprint density at radius 2 is 2.12 bits per heavy atom. The Bertz CT molecular complexity index is 781. The number of aromatic nitrogens is 2. The van der Waals surface area contributed by atoms with E-state index in [9.17, 15) is 0 Å². The summed E-state index contributed by atoms with van der Waals surface area (Å²) in [5.41, 5.74) is 1.16. The highest BCUT2D eigenvalue weighted by Crippen LogP contribution is 2.15. The van der Waals surface area contributed by atoms with Crippen LogP contribution in [0, 0.1) is 0 Å². The van der Waals surface area contributed by atoms with Gasteiger partial charge >= 0.3 is 0 Å². The molecule has 1 aromatic carbocycles. The summed E-state index contributed by atoms with van der Waals surface area (Å²) < 4.78 is 13.4. The lowest BCUT2D eigenvalue weighted by molar-refractivity contribution is 0.0392. The molecule has 3 rings (SSSR count). The predicted molar refractivity (Wildman–Crippen MR) is 139 cm³/mol. The summed E-state index contributed by atoms with van der Waals surface area (Å²) in [6.45, 7) is 5.76. The van der Waals surface area contributed by atoms with E-state index in [4.69, 9.17) is 9.47 Å². The Labute approximate surface area is 208 Å². The second kappa shape index (κ2) is 15.1. The van der Waals surface area contributed by atoms with E-state index < -0.39 is 0 Å². The molecule has 1 saturated heterocycles. The molecule has 1 aliphatic rings. The molecule has 32 heavy (non-hydrogen) atoms. The Balaban J connectivity index is 0.00000363. The Morgan fingerprint density at radius 3 is 2.88 bits per heavy atom. The summed E-state index contributed by atoms with van der Waals surface area (Å²) in [6.07, 6.45) is 6.97. The van der Waals surface area contributed by atoms with Crippen molar-refractivity contribution in [1.82, 2.24) is 25.3 Å². The van der Waals surface area contributed by atoms with Crippen molar-refractivity contribution in [2.24, 2.45) is 4.99 Å². The molecular formula is C23H37IN6O2. The van der Waals surface area contributed by atoms with Crippen molar-refractivity contribution >= 4 is 29.9 Å². The number of nitrogens with one attached hydrogen (secondary N) is 2. The van der Waals surface area contributed by atoms with Gasteiger partial charge in [0.2, 0.25) is 0 Å². The largest absolute Gasteiger partial charge is 0.492 e. The van der Waals surface area contributed by atoms with Gasteiger partial charge in [0.1, 0.15) is 12.4 Å². The van der Waals surface area contributed by atoms with Crippen LogP contribution in [-0.4, -0.2) is 73.7 Å². The van der Waals surface area contributed by atoms with Gasteiger partial charge in [0.05, 0.1) is 0 Å². The van der Waals surface area contributed by atoms with Crippen molar-refractivity contribution in [3.8, 4) is 5.75 Å². The fourth-order valence-electron chi connectivity index (χ4n) is 3.65. The lowest BCUT2D eigenvalue weighted by atomic mass is 10.1. The molecule has 1 aromatic heterocycles. The van der Waals surface area contributed by atoms with Gasteiger partial charge in [-0.3, -0.25) is 14.6 Å². The van der Waals surface area contributed by atoms with Crippen LogP contribution < -0.4 is 15.4 Å². The Hall–Kier alpha value is -1.85. The van der Waals surface area contributed by atoms with Gasteiger partial charge in [0, 0.05) is 64.9 Å². The smallest absolute Gasteiger partial charge is 0.191 e. The van der Waals surface area contributed by atoms with Gasteiger partial charge in [0.15, 0.2) is 5.96 Å². The molecule has 0 amide bonds. The highest BCUT2D eigenvalue weighted by molar-refractivity contribution is 14.0. The average molecular weight is 556 g/mol. The first kappa shape index (κ1) is 26.4. The van der Waals surface area contributed by atoms with Crippen LogP contribution in [0.2, 0.25) is 0 Å². The third-order valence-corrected chi connectivity index (χ3v) is 5.52. The summed E-state index contributed by atoms with van der Waals surface area (Å²) in [5, 5.41) is 10.9. The number of hydrogen-bond donors (Lipinski definition) is 2. The van der Waals surface area contributed by atoms with Crippen molar-refractivity contribution in [3.63, 3.8) is 0 Å². The Kier molecular flexibility index (Phi) is 12.4. The van der Waals surface area contributed by atoms with E-state index in [1.54, 1.807) is 13.2 Å². The number of aliphatic imine (C=N–C) groups is 1. The monoisotopic (exact) mass is 556 g/mol. The molecule has 1 fully saturated rings. The summed E-state index contributed by atoms with van der Waals surface area (Å²) in [6, 6.07) is 10.8. The number of halogens is 1. The molecule has 2 N–H and O–H groups in total. The quantitative estimate of drug-likeness (QED) is 0.192. The minimum atomic E-state index is 0. The molecule has 0 saturated carbocycles. The molecule has 9 heteroatoms. The van der Waals surface area contributed by atoms with Gasteiger partial charge in [-0.15, -0.1) is 24.0 Å². The number of benzene rings is 1. The summed E-state index contributed by atoms with van der Waals surface area (Å²) >= 11 is 0. The molecule has 1 aliphatic heterocycles. The van der Waals surface area contributed by atoms with Crippen molar-refractivity contribution in [3.05, 3.63) is 48.3 Å². The van der Waals surface area contributed by atoms with E-state index in [1.165, 1.54) is 0 Å². The third kappa shape index (κ3) is 9.33. The first-order valence-corrected chi connectivity index (χ1v) is 11.2. The lowest BCUT2D eigenvalue weighted by Gasteiger charge is -2.31. The molecule has 0 radical (unpaired) electrons. The molecule has 0 aliphatic carbocycles. The summed E-state index contributed by atoms with van der Waals surface area (Å²) in [4.78, 5) is 6.68. The zero-order valence-electron chi connectivity index (χ0n) is 19.2. The van der Waals surface area contributed by atoms with Gasteiger partial charge in [-0.05, 0) is 50.1 Å². The maximum atomic E-state index is 6.00. The van der Waals surface area contributed by atoms with Gasteiger partial charge < -0.3 is 20.1 Å². The van der Waals surface area contributed by atoms with E-state index in [-0.39, 0.29) is 24.0 Å². The highest BCUT2D eigenvalue weighted by atomic mass is 127. The normalized spacial score (nSPS) is 14.8. The number of hydrogen-bond acceptors (Lipinski definition) is 5. The van der Waals surface area contributed by atoms with Gasteiger partial charge in [-0.25, -0.2) is 0 Å². The molecule has 0 unspecified atom stereocenters. The lowest BCUT2D eigenvalue weighted by Crippen LogP contribution is -2.38. The number of nitrogens with zero attached hydrogens (tertiary/aromatic N) is 4. The van der Waals surface area contributed by atoms with Crippen LogP contribution in [0.15, 0.2) is 47.7 Å². The topological polar surface area (TPSA) is 75.9 Å². The van der Waals surface area contributed by atoms with Crippen LogP contribution in [0.3, 0.4) is 0 Å². The molecule has 0 spiro atoms. The number of ether oxygens (including phenoxy) is 2. The predicted octanol–water partition coefficient (Wildman–Crippen LogP) is 2.75. The van der Waals surface area contributed by atoms with Gasteiger partial charge in [-0.1, -0.05) is 12.1 Å². The number of guanidine groups is 1. The van der Waals surface area contributed by atoms with Crippen LogP contribution in [0.5, 0.6) is 5.75 Å². The van der Waals surface area contributed by atoms with Crippen molar-refractivity contribution in [2.45, 2.75) is 38.4 Å². The second-order valence-electron chi connectivity index (χ2n) is 7.80. The fraction of sp³-hybridized carbons (Fsp3) is 0.565. The van der Waals surface area contributed by atoms with Crippen molar-refractivity contribution < 1.29 is 9.47 Å². The molecule has 2 aromatic rings. The standard InChI is InChI=1S/C23H36N6O2.HI/c1-24-23(25-10-4-12-29-13-5-11-27-29)26-19-20-6-3-7-22(18-20)31-17-14-28(2)21-8-15-30-16-9-21;/h3,5-7,11,13,18,21H,4,8-10,12,14-17,19H2,1-2H3,(H2,24,25,26);1H. The molecule has 8 nitrogen and oxygen atoms in total. The van der Waals surface area contributed by atoms with Crippen LogP contribution in [0.25, 0.3) is 0 Å². The second-order valence-corrected chi connectivity index (χ2v) is 7.80. The molecule has 178 valence electrons. The zero-order valence-corrected chi connectivity index (χ0v) is 21.5. The fourth-order valence-corrected chi connectivity index (χ4v) is 3.65. The van der Waals surface area contributed by atoms with E-state index in [0.717, 1.165) is 69.4 Å². The minimum absolute atomic E-state index is 0. The number of likely N-dealkylation sites (N-methyl/N-ethyl adjacent to an activating group) is 1. The maximum absolute atomic E-state index is 6.00. The van der Waals surface area contributed by atoms with Crippen LogP contribution >= 0.6 is 24.0 Å². The zero-order chi connectivity index (χ0) is 21.7. The molecule has 2 heterocycles.